The highest BCUT2D eigenvalue weighted by atomic mass is 16.5. The summed E-state index contributed by atoms with van der Waals surface area (Å²) in [7, 11) is 5.19. The molecule has 10 atom stereocenters. The molecule has 53 heavy (non-hydrogen) atoms. The molecule has 1 saturated heterocycles. The van der Waals surface area contributed by atoms with Gasteiger partial charge < -0.3 is 29.9 Å². The topological polar surface area (TPSA) is 117 Å². The standard InChI is InChI=1S/C43H74N4O6/c1-15-29(8)40(46(13)43(51)34(26(2)3)24-36(48)39(44-12)27(4)5)37(52-14)25-38(49)47-23-19-22-35(47)30(9)31(10)42(50)45-32(11)41(53-28(6)7)33-20-17-16-18-21-33/h16-18,20-21,26-32,34-35,37,39-41,44H,15,19,22-25H2,1-14H3,(H,45,50)/t29-,30+,31+,32+,34-,35-,37+,39-,40?,41+/m0/s1. The average molecular weight is 743 g/mol. The van der Waals surface area contributed by atoms with Crippen LogP contribution in [-0.2, 0) is 28.7 Å². The SMILES string of the molecule is CC[C@H](C)C([C@@H](CC(=O)N1CCC[C@H]1[C@H](C)[C@@H](C)C(=O)N[C@H](C)[C@@H](OC(C)C)c1ccccc1)OC)N(C)C(=O)[C@@H](CC(=O)[C@@H](NC)C(C)C)C(C)C. The van der Waals surface area contributed by atoms with Gasteiger partial charge in [0.1, 0.15) is 6.10 Å². The Bertz CT molecular complexity index is 1290. The lowest BCUT2D eigenvalue weighted by molar-refractivity contribution is -0.148. The van der Waals surface area contributed by atoms with Crippen molar-refractivity contribution in [3.8, 4) is 0 Å². The third-order valence-corrected chi connectivity index (χ3v) is 11.7. The summed E-state index contributed by atoms with van der Waals surface area (Å²) in [6, 6.07) is 8.94. The fourth-order valence-corrected chi connectivity index (χ4v) is 8.17. The molecule has 1 unspecified atom stereocenters. The third-order valence-electron chi connectivity index (χ3n) is 11.7. The van der Waals surface area contributed by atoms with E-state index in [1.807, 2.05) is 90.6 Å². The van der Waals surface area contributed by atoms with Crippen molar-refractivity contribution in [2.75, 3.05) is 27.7 Å². The summed E-state index contributed by atoms with van der Waals surface area (Å²) >= 11 is 0. The molecular formula is C43H74N4O6. The molecule has 1 fully saturated rings. The van der Waals surface area contributed by atoms with Crippen LogP contribution < -0.4 is 10.6 Å². The van der Waals surface area contributed by atoms with Crippen molar-refractivity contribution in [1.82, 2.24) is 20.4 Å². The van der Waals surface area contributed by atoms with Crippen LogP contribution in [0.1, 0.15) is 120 Å². The highest BCUT2D eigenvalue weighted by Gasteiger charge is 2.42. The average Bonchev–Trinajstić information content (AvgIpc) is 3.62. The summed E-state index contributed by atoms with van der Waals surface area (Å²) in [6.07, 6.45) is 1.92. The van der Waals surface area contributed by atoms with E-state index in [0.29, 0.717) is 6.54 Å². The van der Waals surface area contributed by atoms with Gasteiger partial charge in [0, 0.05) is 45.0 Å². The first kappa shape index (κ1) is 46.3. The van der Waals surface area contributed by atoms with E-state index in [2.05, 4.69) is 31.4 Å². The van der Waals surface area contributed by atoms with E-state index in [1.165, 1.54) is 0 Å². The number of rotatable bonds is 22. The number of likely N-dealkylation sites (N-methyl/N-ethyl adjacent to an activating group) is 2. The number of methoxy groups -OCH3 is 1. The second kappa shape index (κ2) is 21.9. The Hall–Kier alpha value is -2.82. The number of likely N-dealkylation sites (tertiary alicyclic amines) is 1. The van der Waals surface area contributed by atoms with Gasteiger partial charge in [-0.05, 0) is 69.9 Å². The van der Waals surface area contributed by atoms with Gasteiger partial charge in [-0.1, -0.05) is 92.1 Å². The highest BCUT2D eigenvalue weighted by Crippen LogP contribution is 2.32. The summed E-state index contributed by atoms with van der Waals surface area (Å²) < 4.78 is 12.3. The Labute approximate surface area is 321 Å². The molecular weight excluding hydrogens is 668 g/mol. The molecule has 0 radical (unpaired) electrons. The maximum atomic E-state index is 14.2. The molecule has 0 aliphatic carbocycles. The van der Waals surface area contributed by atoms with Crippen molar-refractivity contribution in [2.45, 2.75) is 151 Å². The first-order chi connectivity index (χ1) is 24.9. The van der Waals surface area contributed by atoms with E-state index < -0.39 is 12.0 Å². The van der Waals surface area contributed by atoms with Crippen LogP contribution in [0.15, 0.2) is 30.3 Å². The monoisotopic (exact) mass is 743 g/mol. The van der Waals surface area contributed by atoms with E-state index in [9.17, 15) is 19.2 Å². The number of benzene rings is 1. The fraction of sp³-hybridized carbons (Fsp3) is 0.767. The second-order valence-corrected chi connectivity index (χ2v) is 16.6. The van der Waals surface area contributed by atoms with E-state index >= 15 is 0 Å². The Morgan fingerprint density at radius 1 is 0.925 bits per heavy atom. The molecule has 1 aromatic rings. The van der Waals surface area contributed by atoms with Crippen molar-refractivity contribution < 1.29 is 28.7 Å². The Kier molecular flexibility index (Phi) is 19.2. The van der Waals surface area contributed by atoms with Gasteiger partial charge in [-0.2, -0.15) is 0 Å². The summed E-state index contributed by atoms with van der Waals surface area (Å²) in [5.41, 5.74) is 1.01. The van der Waals surface area contributed by atoms with Crippen LogP contribution in [0.2, 0.25) is 0 Å². The smallest absolute Gasteiger partial charge is 0.226 e. The molecule has 1 aliphatic heterocycles. The van der Waals surface area contributed by atoms with Crippen molar-refractivity contribution in [3.05, 3.63) is 35.9 Å². The Balaban J connectivity index is 2.23. The lowest BCUT2D eigenvalue weighted by Crippen LogP contribution is -2.54. The van der Waals surface area contributed by atoms with Crippen molar-refractivity contribution >= 4 is 23.5 Å². The number of carbonyl (C=O) groups is 4. The van der Waals surface area contributed by atoms with E-state index in [0.717, 1.165) is 24.8 Å². The zero-order valence-corrected chi connectivity index (χ0v) is 35.5. The zero-order chi connectivity index (χ0) is 40.2. The fourth-order valence-electron chi connectivity index (χ4n) is 8.17. The zero-order valence-electron chi connectivity index (χ0n) is 35.5. The largest absolute Gasteiger partial charge is 0.379 e. The molecule has 1 aliphatic rings. The van der Waals surface area contributed by atoms with Crippen molar-refractivity contribution in [3.63, 3.8) is 0 Å². The number of Topliss-reactive ketones (excluding diaryl/α,β-unsaturated/α-hetero) is 1. The number of nitrogens with zero attached hydrogens (tertiary/aromatic N) is 2. The first-order valence-corrected chi connectivity index (χ1v) is 20.2. The molecule has 2 rings (SSSR count). The quantitative estimate of drug-likeness (QED) is 0.136. The molecule has 0 aromatic heterocycles. The van der Waals surface area contributed by atoms with E-state index in [4.69, 9.17) is 9.47 Å². The van der Waals surface area contributed by atoms with Gasteiger partial charge in [-0.15, -0.1) is 0 Å². The molecule has 0 saturated carbocycles. The molecule has 3 amide bonds. The number of hydrogen-bond acceptors (Lipinski definition) is 7. The van der Waals surface area contributed by atoms with Crippen molar-refractivity contribution in [2.24, 2.45) is 35.5 Å². The van der Waals surface area contributed by atoms with Gasteiger partial charge >= 0.3 is 0 Å². The number of carbonyl (C=O) groups excluding carboxylic acids is 4. The molecule has 2 N–H and O–H groups in total. The second-order valence-electron chi connectivity index (χ2n) is 16.6. The van der Waals surface area contributed by atoms with E-state index in [-0.39, 0.29) is 102 Å². The van der Waals surface area contributed by atoms with Crippen LogP contribution in [0.5, 0.6) is 0 Å². The molecule has 1 heterocycles. The van der Waals surface area contributed by atoms with Gasteiger partial charge in [-0.3, -0.25) is 19.2 Å². The molecule has 10 nitrogen and oxygen atoms in total. The van der Waals surface area contributed by atoms with Crippen LogP contribution in [0.3, 0.4) is 0 Å². The Morgan fingerprint density at radius 3 is 2.06 bits per heavy atom. The number of hydrogen-bond donors (Lipinski definition) is 2. The van der Waals surface area contributed by atoms with Crippen LogP contribution in [-0.4, -0.2) is 97.4 Å². The van der Waals surface area contributed by atoms with Gasteiger partial charge in [0.2, 0.25) is 17.7 Å². The van der Waals surface area contributed by atoms with Crippen LogP contribution in [0.4, 0.5) is 0 Å². The predicted octanol–water partition coefficient (Wildman–Crippen LogP) is 6.67. The van der Waals surface area contributed by atoms with E-state index in [1.54, 1.807) is 26.1 Å². The molecule has 0 spiro atoms. The third kappa shape index (κ3) is 12.6. The first-order valence-electron chi connectivity index (χ1n) is 20.2. The lowest BCUT2D eigenvalue weighted by Gasteiger charge is -2.41. The van der Waals surface area contributed by atoms with Crippen molar-refractivity contribution in [1.29, 1.82) is 0 Å². The summed E-state index contributed by atoms with van der Waals surface area (Å²) in [6.45, 7) is 22.8. The molecule has 0 bridgehead atoms. The van der Waals surface area contributed by atoms with Crippen LogP contribution in [0, 0.1) is 35.5 Å². The normalized spacial score (nSPS) is 20.0. The minimum absolute atomic E-state index is 0.00985. The predicted molar refractivity (Wildman–Crippen MR) is 213 cm³/mol. The molecule has 1 aromatic carbocycles. The number of ether oxygens (including phenoxy) is 2. The van der Waals surface area contributed by atoms with Crippen LogP contribution >= 0.6 is 0 Å². The number of amides is 3. The Morgan fingerprint density at radius 2 is 1.55 bits per heavy atom. The summed E-state index contributed by atoms with van der Waals surface area (Å²) in [5, 5.41) is 6.35. The number of nitrogens with one attached hydrogen (secondary N) is 2. The maximum absolute atomic E-state index is 14.2. The minimum Gasteiger partial charge on any atom is -0.379 e. The number of ketones is 1. The van der Waals surface area contributed by atoms with Gasteiger partial charge in [0.05, 0.1) is 36.8 Å². The minimum atomic E-state index is -0.537. The van der Waals surface area contributed by atoms with Gasteiger partial charge in [0.15, 0.2) is 5.78 Å². The molecule has 10 heteroatoms. The van der Waals surface area contributed by atoms with Crippen LogP contribution in [0.25, 0.3) is 0 Å². The molecule has 302 valence electrons. The lowest BCUT2D eigenvalue weighted by atomic mass is 9.84. The van der Waals surface area contributed by atoms with Gasteiger partial charge in [-0.25, -0.2) is 0 Å². The summed E-state index contributed by atoms with van der Waals surface area (Å²) in [5.74, 6) is -0.937. The highest BCUT2D eigenvalue weighted by molar-refractivity contribution is 5.90. The maximum Gasteiger partial charge on any atom is 0.226 e. The van der Waals surface area contributed by atoms with Gasteiger partial charge in [0.25, 0.3) is 0 Å². The summed E-state index contributed by atoms with van der Waals surface area (Å²) in [4.78, 5) is 59.1.